The van der Waals surface area contributed by atoms with Crippen LogP contribution in [0.2, 0.25) is 5.02 Å². The fourth-order valence-corrected chi connectivity index (χ4v) is 2.74. The van der Waals surface area contributed by atoms with E-state index in [2.05, 4.69) is 10.4 Å². The summed E-state index contributed by atoms with van der Waals surface area (Å²) in [5.74, 6) is -0.672. The lowest BCUT2D eigenvalue weighted by Crippen LogP contribution is -2.16. The van der Waals surface area contributed by atoms with Crippen molar-refractivity contribution in [1.29, 1.82) is 0 Å². The SMILES string of the molecule is Cc1cc(C(F)(F)F)n(-c2ccc(C(=O)Nc3ccc(Cl)cc3)cc2[N+](=O)[O-])n1. The third-order valence-corrected chi connectivity index (χ3v) is 4.14. The molecule has 29 heavy (non-hydrogen) atoms. The van der Waals surface area contributed by atoms with Crippen LogP contribution in [0.4, 0.5) is 24.5 Å². The van der Waals surface area contributed by atoms with E-state index in [1.54, 1.807) is 12.1 Å². The second-order valence-corrected chi connectivity index (χ2v) is 6.44. The van der Waals surface area contributed by atoms with Gasteiger partial charge in [0.05, 0.1) is 10.6 Å². The number of rotatable bonds is 4. The molecule has 3 rings (SSSR count). The number of halogens is 4. The lowest BCUT2D eigenvalue weighted by atomic mass is 10.1. The van der Waals surface area contributed by atoms with Gasteiger partial charge < -0.3 is 5.32 Å². The highest BCUT2D eigenvalue weighted by Crippen LogP contribution is 2.34. The van der Waals surface area contributed by atoms with Crippen molar-refractivity contribution in [2.45, 2.75) is 13.1 Å². The summed E-state index contributed by atoms with van der Waals surface area (Å²) in [6, 6.07) is 10.1. The molecule has 0 fully saturated rings. The van der Waals surface area contributed by atoms with Crippen molar-refractivity contribution in [3.8, 4) is 5.69 Å². The van der Waals surface area contributed by atoms with Crippen molar-refractivity contribution < 1.29 is 22.9 Å². The van der Waals surface area contributed by atoms with E-state index in [0.717, 1.165) is 18.2 Å². The molecule has 0 aliphatic heterocycles. The van der Waals surface area contributed by atoms with Gasteiger partial charge in [-0.3, -0.25) is 14.9 Å². The number of nitrogens with one attached hydrogen (secondary N) is 1. The molecule has 1 aromatic heterocycles. The first-order chi connectivity index (χ1) is 13.6. The Balaban J connectivity index is 2.01. The van der Waals surface area contributed by atoms with E-state index in [0.29, 0.717) is 15.4 Å². The topological polar surface area (TPSA) is 90.1 Å². The summed E-state index contributed by atoms with van der Waals surface area (Å²) in [4.78, 5) is 23.0. The molecular formula is C18H12ClF3N4O3. The summed E-state index contributed by atoms with van der Waals surface area (Å²) >= 11 is 5.77. The minimum atomic E-state index is -4.76. The minimum Gasteiger partial charge on any atom is -0.322 e. The van der Waals surface area contributed by atoms with Gasteiger partial charge in [0.2, 0.25) is 0 Å². The highest BCUT2D eigenvalue weighted by atomic mass is 35.5. The number of amides is 1. The van der Waals surface area contributed by atoms with Crippen molar-refractivity contribution in [2.75, 3.05) is 5.32 Å². The first-order valence-corrected chi connectivity index (χ1v) is 8.43. The Morgan fingerprint density at radius 1 is 1.17 bits per heavy atom. The number of benzene rings is 2. The molecule has 1 amide bonds. The van der Waals surface area contributed by atoms with Gasteiger partial charge in [0, 0.05) is 22.3 Å². The zero-order valence-corrected chi connectivity index (χ0v) is 15.5. The summed E-state index contributed by atoms with van der Waals surface area (Å²) in [5.41, 5.74) is -1.92. The zero-order valence-electron chi connectivity index (χ0n) is 14.7. The Labute approximate surface area is 166 Å². The smallest absolute Gasteiger partial charge is 0.322 e. The van der Waals surface area contributed by atoms with E-state index in [4.69, 9.17) is 11.6 Å². The van der Waals surface area contributed by atoms with Gasteiger partial charge in [0.25, 0.3) is 11.6 Å². The fraction of sp³-hybridized carbons (Fsp3) is 0.111. The van der Waals surface area contributed by atoms with Crippen LogP contribution in [0.1, 0.15) is 21.7 Å². The van der Waals surface area contributed by atoms with Crippen LogP contribution in [-0.4, -0.2) is 20.6 Å². The van der Waals surface area contributed by atoms with E-state index in [-0.39, 0.29) is 11.3 Å². The van der Waals surface area contributed by atoms with Gasteiger partial charge in [-0.25, -0.2) is 4.68 Å². The summed E-state index contributed by atoms with van der Waals surface area (Å²) in [6.45, 7) is 1.34. The first-order valence-electron chi connectivity index (χ1n) is 8.06. The quantitative estimate of drug-likeness (QED) is 0.470. The third kappa shape index (κ3) is 4.37. The number of aromatic nitrogens is 2. The molecule has 0 aliphatic carbocycles. The normalized spacial score (nSPS) is 11.3. The molecule has 1 N–H and O–H groups in total. The number of alkyl halides is 3. The average Bonchev–Trinajstić information content (AvgIpc) is 3.05. The molecule has 0 saturated heterocycles. The standard InChI is InChI=1S/C18H12ClF3N4O3/c1-10-8-16(18(20,21)22)25(24-10)14-7-2-11(9-15(14)26(28)29)17(27)23-13-5-3-12(19)4-6-13/h2-9H,1H3,(H,23,27). The third-order valence-electron chi connectivity index (χ3n) is 3.89. The van der Waals surface area contributed by atoms with Gasteiger partial charge >= 0.3 is 6.18 Å². The maximum Gasteiger partial charge on any atom is 0.433 e. The van der Waals surface area contributed by atoms with Crippen molar-refractivity contribution in [3.05, 3.63) is 80.6 Å². The number of carbonyl (C=O) groups excluding carboxylic acids is 1. The minimum absolute atomic E-state index is 0.0381. The van der Waals surface area contributed by atoms with Crippen LogP contribution >= 0.6 is 11.6 Å². The van der Waals surface area contributed by atoms with Crippen molar-refractivity contribution in [2.24, 2.45) is 0 Å². The van der Waals surface area contributed by atoms with Crippen LogP contribution in [-0.2, 0) is 6.18 Å². The lowest BCUT2D eigenvalue weighted by molar-refractivity contribution is -0.384. The van der Waals surface area contributed by atoms with Gasteiger partial charge in [0.15, 0.2) is 0 Å². The summed E-state index contributed by atoms with van der Waals surface area (Å²) < 4.78 is 40.2. The Kier molecular flexibility index (Phi) is 5.29. The molecule has 150 valence electrons. The van der Waals surface area contributed by atoms with E-state index in [1.807, 2.05) is 0 Å². The van der Waals surface area contributed by atoms with Crippen molar-refractivity contribution in [3.63, 3.8) is 0 Å². The molecule has 2 aromatic carbocycles. The molecule has 7 nitrogen and oxygen atoms in total. The molecular weight excluding hydrogens is 413 g/mol. The van der Waals surface area contributed by atoms with Gasteiger partial charge in [-0.05, 0) is 49.4 Å². The number of hydrogen-bond acceptors (Lipinski definition) is 4. The van der Waals surface area contributed by atoms with E-state index in [1.165, 1.54) is 25.1 Å². The van der Waals surface area contributed by atoms with Crippen LogP contribution in [0.15, 0.2) is 48.5 Å². The molecule has 0 radical (unpaired) electrons. The fourth-order valence-electron chi connectivity index (χ4n) is 2.61. The highest BCUT2D eigenvalue weighted by Gasteiger charge is 2.37. The molecule has 0 bridgehead atoms. The lowest BCUT2D eigenvalue weighted by Gasteiger charge is -2.11. The molecule has 0 saturated carbocycles. The predicted molar refractivity (Wildman–Crippen MR) is 99.4 cm³/mol. The van der Waals surface area contributed by atoms with Crippen LogP contribution in [0, 0.1) is 17.0 Å². The van der Waals surface area contributed by atoms with Crippen molar-refractivity contribution >= 4 is 28.9 Å². The maximum atomic E-state index is 13.3. The average molecular weight is 425 g/mol. The number of nitrogens with zero attached hydrogens (tertiary/aromatic N) is 3. The first kappa shape index (κ1) is 20.3. The van der Waals surface area contributed by atoms with Crippen LogP contribution < -0.4 is 5.32 Å². The van der Waals surface area contributed by atoms with Gasteiger partial charge in [-0.15, -0.1) is 0 Å². The Morgan fingerprint density at radius 3 is 2.41 bits per heavy atom. The van der Waals surface area contributed by atoms with Crippen LogP contribution in [0.25, 0.3) is 5.69 Å². The van der Waals surface area contributed by atoms with Gasteiger partial charge in [-0.2, -0.15) is 18.3 Å². The van der Waals surface area contributed by atoms with E-state index in [9.17, 15) is 28.1 Å². The number of nitro groups is 1. The van der Waals surface area contributed by atoms with Gasteiger partial charge in [0.1, 0.15) is 11.4 Å². The highest BCUT2D eigenvalue weighted by molar-refractivity contribution is 6.30. The van der Waals surface area contributed by atoms with Gasteiger partial charge in [-0.1, -0.05) is 11.6 Å². The summed E-state index contributed by atoms with van der Waals surface area (Å²) in [6.07, 6.45) is -4.76. The summed E-state index contributed by atoms with van der Waals surface area (Å²) in [7, 11) is 0. The number of carbonyl (C=O) groups is 1. The second kappa shape index (κ2) is 7.55. The monoisotopic (exact) mass is 424 g/mol. The largest absolute Gasteiger partial charge is 0.433 e. The number of hydrogen-bond donors (Lipinski definition) is 1. The van der Waals surface area contributed by atoms with Crippen molar-refractivity contribution in [1.82, 2.24) is 9.78 Å². The molecule has 0 atom stereocenters. The number of aryl methyl sites for hydroxylation is 1. The molecule has 0 aliphatic rings. The maximum absolute atomic E-state index is 13.3. The van der Waals surface area contributed by atoms with E-state index < -0.39 is 34.1 Å². The number of nitro benzene ring substituents is 1. The molecule has 11 heteroatoms. The van der Waals surface area contributed by atoms with Crippen LogP contribution in [0.5, 0.6) is 0 Å². The van der Waals surface area contributed by atoms with Crippen LogP contribution in [0.3, 0.4) is 0 Å². The molecule has 1 heterocycles. The Morgan fingerprint density at radius 2 is 1.83 bits per heavy atom. The predicted octanol–water partition coefficient (Wildman–Crippen LogP) is 5.01. The Bertz CT molecular complexity index is 1090. The molecule has 3 aromatic rings. The zero-order chi connectivity index (χ0) is 21.3. The number of anilines is 1. The summed E-state index contributed by atoms with van der Waals surface area (Å²) in [5, 5.41) is 18.2. The van der Waals surface area contributed by atoms with E-state index >= 15 is 0 Å². The second-order valence-electron chi connectivity index (χ2n) is 6.00. The molecule has 0 spiro atoms. The molecule has 0 unspecified atom stereocenters. The Hall–Kier alpha value is -3.40.